The largest absolute Gasteiger partial charge is 0.347 e. The lowest BCUT2D eigenvalue weighted by Crippen LogP contribution is -2.48. The van der Waals surface area contributed by atoms with E-state index >= 15 is 0 Å². The van der Waals surface area contributed by atoms with Gasteiger partial charge in [-0.3, -0.25) is 9.59 Å². The molecular weight excluding hydrogens is 475 g/mol. The molecule has 0 bridgehead atoms. The van der Waals surface area contributed by atoms with Crippen molar-refractivity contribution in [3.63, 3.8) is 0 Å². The van der Waals surface area contributed by atoms with Crippen LogP contribution in [0.2, 0.25) is 0 Å². The van der Waals surface area contributed by atoms with E-state index < -0.39 is 6.04 Å². The molecule has 0 saturated heterocycles. The fourth-order valence-electron chi connectivity index (χ4n) is 3.19. The number of hydrogen-bond donors (Lipinski definition) is 2. The van der Waals surface area contributed by atoms with Gasteiger partial charge in [-0.1, -0.05) is 24.3 Å². The average molecular weight is 497 g/mol. The summed E-state index contributed by atoms with van der Waals surface area (Å²) >= 11 is 6.47. The Morgan fingerprint density at radius 2 is 2.07 bits per heavy atom. The zero-order valence-corrected chi connectivity index (χ0v) is 19.1. The number of thioether (sulfide) groups is 2. The number of amides is 2. The zero-order valence-electron chi connectivity index (χ0n) is 15.9. The molecule has 2 N–H and O–H groups in total. The highest BCUT2D eigenvalue weighted by Crippen LogP contribution is 2.37. The lowest BCUT2D eigenvalue weighted by Gasteiger charge is -2.28. The SMILES string of the molecule is CSCCC(NC(=O)c1ccccc1Br)C(=O)NC1CCSc2c(F)cccc21. The van der Waals surface area contributed by atoms with Crippen LogP contribution in [0.25, 0.3) is 0 Å². The van der Waals surface area contributed by atoms with E-state index in [1.165, 1.54) is 17.8 Å². The maximum Gasteiger partial charge on any atom is 0.253 e. The second-order valence-corrected chi connectivity index (χ2v) is 9.59. The molecule has 0 aliphatic carbocycles. The van der Waals surface area contributed by atoms with Gasteiger partial charge in [0.1, 0.15) is 11.9 Å². The van der Waals surface area contributed by atoms with Gasteiger partial charge in [0, 0.05) is 15.1 Å². The molecule has 0 spiro atoms. The summed E-state index contributed by atoms with van der Waals surface area (Å²) in [5.41, 5.74) is 1.28. The summed E-state index contributed by atoms with van der Waals surface area (Å²) < 4.78 is 14.8. The highest BCUT2D eigenvalue weighted by Gasteiger charge is 2.28. The highest BCUT2D eigenvalue weighted by atomic mass is 79.9. The molecular formula is C21H22BrFN2O2S2. The van der Waals surface area contributed by atoms with Crippen LogP contribution in [-0.2, 0) is 4.79 Å². The summed E-state index contributed by atoms with van der Waals surface area (Å²) in [7, 11) is 0. The number of carbonyl (C=O) groups excluding carboxylic acids is 2. The molecule has 2 amide bonds. The number of rotatable bonds is 7. The summed E-state index contributed by atoms with van der Waals surface area (Å²) in [5, 5.41) is 5.89. The van der Waals surface area contributed by atoms with Gasteiger partial charge >= 0.3 is 0 Å². The Hall–Kier alpha value is -1.51. The molecule has 1 aliphatic heterocycles. The minimum atomic E-state index is -0.659. The molecule has 4 nitrogen and oxygen atoms in total. The maximum atomic E-state index is 14.1. The van der Waals surface area contributed by atoms with Crippen molar-refractivity contribution < 1.29 is 14.0 Å². The van der Waals surface area contributed by atoms with Crippen molar-refractivity contribution in [3.05, 3.63) is 63.9 Å². The van der Waals surface area contributed by atoms with E-state index in [9.17, 15) is 14.0 Å². The lowest BCUT2D eigenvalue weighted by atomic mass is 10.0. The summed E-state index contributed by atoms with van der Waals surface area (Å²) in [6, 6.07) is 11.1. The Kier molecular flexibility index (Phi) is 8.03. The molecule has 29 heavy (non-hydrogen) atoms. The van der Waals surface area contributed by atoms with E-state index in [0.717, 1.165) is 23.5 Å². The van der Waals surface area contributed by atoms with Crippen LogP contribution in [0.3, 0.4) is 0 Å². The predicted octanol–water partition coefficient (Wildman–Crippen LogP) is 4.79. The van der Waals surface area contributed by atoms with Gasteiger partial charge in [0.25, 0.3) is 5.91 Å². The fraction of sp³-hybridized carbons (Fsp3) is 0.333. The Balaban J connectivity index is 1.74. The van der Waals surface area contributed by atoms with Gasteiger partial charge in [-0.15, -0.1) is 11.8 Å². The fourth-order valence-corrected chi connectivity index (χ4v) is 5.27. The van der Waals surface area contributed by atoms with Gasteiger partial charge in [-0.05, 0) is 64.5 Å². The second-order valence-electron chi connectivity index (χ2n) is 6.64. The lowest BCUT2D eigenvalue weighted by molar-refractivity contribution is -0.123. The summed E-state index contributed by atoms with van der Waals surface area (Å²) in [6.45, 7) is 0. The van der Waals surface area contributed by atoms with Gasteiger partial charge < -0.3 is 10.6 Å². The summed E-state index contributed by atoms with van der Waals surface area (Å²) in [6.07, 6.45) is 3.20. The topological polar surface area (TPSA) is 58.2 Å². The molecule has 8 heteroatoms. The molecule has 0 radical (unpaired) electrons. The van der Waals surface area contributed by atoms with Crippen LogP contribution >= 0.6 is 39.5 Å². The van der Waals surface area contributed by atoms with E-state index in [0.29, 0.717) is 21.4 Å². The quantitative estimate of drug-likeness (QED) is 0.578. The predicted molar refractivity (Wildman–Crippen MR) is 121 cm³/mol. The number of carbonyl (C=O) groups is 2. The number of nitrogens with one attached hydrogen (secondary N) is 2. The molecule has 1 heterocycles. The Morgan fingerprint density at radius 1 is 1.28 bits per heavy atom. The molecule has 2 unspecified atom stereocenters. The van der Waals surface area contributed by atoms with Crippen molar-refractivity contribution in [2.75, 3.05) is 17.8 Å². The zero-order chi connectivity index (χ0) is 20.8. The van der Waals surface area contributed by atoms with Gasteiger partial charge in [0.05, 0.1) is 11.6 Å². The second kappa shape index (κ2) is 10.5. The third-order valence-corrected chi connectivity index (χ3v) is 7.19. The molecule has 2 aromatic rings. The average Bonchev–Trinajstić information content (AvgIpc) is 2.72. The monoisotopic (exact) mass is 496 g/mol. The Morgan fingerprint density at radius 3 is 2.83 bits per heavy atom. The third-order valence-electron chi connectivity index (χ3n) is 4.69. The minimum absolute atomic E-state index is 0.244. The smallest absolute Gasteiger partial charge is 0.253 e. The first-order valence-corrected chi connectivity index (χ1v) is 12.4. The van der Waals surface area contributed by atoms with Crippen molar-refractivity contribution in [1.29, 1.82) is 0 Å². The molecule has 2 aromatic carbocycles. The first kappa shape index (κ1) is 22.2. The van der Waals surface area contributed by atoms with E-state index in [1.54, 1.807) is 36.0 Å². The van der Waals surface area contributed by atoms with E-state index in [4.69, 9.17) is 0 Å². The molecule has 1 aliphatic rings. The van der Waals surface area contributed by atoms with Crippen LogP contribution in [0, 0.1) is 5.82 Å². The van der Waals surface area contributed by atoms with Crippen LogP contribution in [0.1, 0.15) is 34.8 Å². The number of hydrogen-bond acceptors (Lipinski definition) is 4. The van der Waals surface area contributed by atoms with Crippen molar-refractivity contribution >= 4 is 51.3 Å². The van der Waals surface area contributed by atoms with Crippen molar-refractivity contribution in [2.24, 2.45) is 0 Å². The highest BCUT2D eigenvalue weighted by molar-refractivity contribution is 9.10. The molecule has 3 rings (SSSR count). The van der Waals surface area contributed by atoms with E-state index in [2.05, 4.69) is 26.6 Å². The van der Waals surface area contributed by atoms with Gasteiger partial charge in [-0.25, -0.2) is 4.39 Å². The Bertz CT molecular complexity index is 897. The number of benzene rings is 2. The minimum Gasteiger partial charge on any atom is -0.347 e. The molecule has 2 atom stereocenters. The molecule has 0 aromatic heterocycles. The summed E-state index contributed by atoms with van der Waals surface area (Å²) in [4.78, 5) is 26.3. The number of halogens is 2. The van der Waals surface area contributed by atoms with E-state index in [1.807, 2.05) is 18.4 Å². The van der Waals surface area contributed by atoms with Crippen molar-refractivity contribution in [3.8, 4) is 0 Å². The Labute approximate surface area is 186 Å². The van der Waals surface area contributed by atoms with Crippen molar-refractivity contribution in [1.82, 2.24) is 10.6 Å². The van der Waals surface area contributed by atoms with Gasteiger partial charge in [-0.2, -0.15) is 11.8 Å². The molecule has 154 valence electrons. The van der Waals surface area contributed by atoms with Crippen LogP contribution in [0.5, 0.6) is 0 Å². The van der Waals surface area contributed by atoms with Gasteiger partial charge in [0.2, 0.25) is 5.91 Å². The van der Waals surface area contributed by atoms with Crippen LogP contribution in [0.4, 0.5) is 4.39 Å². The maximum absolute atomic E-state index is 14.1. The molecule has 0 saturated carbocycles. The third kappa shape index (κ3) is 5.55. The van der Waals surface area contributed by atoms with Crippen LogP contribution in [0.15, 0.2) is 51.8 Å². The number of fused-ring (bicyclic) bond motifs is 1. The molecule has 0 fully saturated rings. The first-order chi connectivity index (χ1) is 14.0. The van der Waals surface area contributed by atoms with E-state index in [-0.39, 0.29) is 23.7 Å². The van der Waals surface area contributed by atoms with Crippen molar-refractivity contribution in [2.45, 2.75) is 29.8 Å². The standard InChI is InChI=1S/C21H22BrFN2O2S2/c1-28-11-9-18(25-20(26)13-5-2-3-7-15(13)22)21(27)24-17-10-12-29-19-14(17)6-4-8-16(19)23/h2-8,17-18H,9-12H2,1H3,(H,24,27)(H,25,26). The van der Waals surface area contributed by atoms with Crippen LogP contribution < -0.4 is 10.6 Å². The van der Waals surface area contributed by atoms with Crippen LogP contribution in [-0.4, -0.2) is 35.6 Å². The normalized spacial score (nSPS) is 16.6. The van der Waals surface area contributed by atoms with Gasteiger partial charge in [0.15, 0.2) is 0 Å². The summed E-state index contributed by atoms with van der Waals surface area (Å²) in [5.74, 6) is 0.668. The first-order valence-electron chi connectivity index (χ1n) is 9.27.